The highest BCUT2D eigenvalue weighted by atomic mass is 32.1. The third kappa shape index (κ3) is 3.35. The summed E-state index contributed by atoms with van der Waals surface area (Å²) < 4.78 is 5.52. The van der Waals surface area contributed by atoms with Crippen molar-refractivity contribution in [2.75, 3.05) is 19.8 Å². The van der Waals surface area contributed by atoms with Crippen LogP contribution >= 0.6 is 11.3 Å². The van der Waals surface area contributed by atoms with Gasteiger partial charge in [0.25, 0.3) is 5.91 Å². The molecule has 0 spiro atoms. The molecule has 1 saturated heterocycles. The molecule has 1 aromatic heterocycles. The van der Waals surface area contributed by atoms with Crippen molar-refractivity contribution in [3.05, 3.63) is 21.9 Å². The Labute approximate surface area is 117 Å². The molecule has 1 aliphatic rings. The lowest BCUT2D eigenvalue weighted by Crippen LogP contribution is -2.50. The highest BCUT2D eigenvalue weighted by Gasteiger charge is 2.28. The average molecular weight is 279 g/mol. The zero-order valence-corrected chi connectivity index (χ0v) is 11.9. The van der Waals surface area contributed by atoms with Crippen LogP contribution in [0.15, 0.2) is 12.1 Å². The maximum Gasteiger partial charge on any atom is 0.264 e. The maximum absolute atomic E-state index is 12.4. The van der Waals surface area contributed by atoms with Crippen LogP contribution in [-0.4, -0.2) is 47.8 Å². The quantitative estimate of drug-likeness (QED) is 0.789. The van der Waals surface area contributed by atoms with E-state index in [1.807, 2.05) is 24.8 Å². The summed E-state index contributed by atoms with van der Waals surface area (Å²) in [5, 5.41) is 8.65. The van der Waals surface area contributed by atoms with Crippen LogP contribution < -0.4 is 0 Å². The van der Waals surface area contributed by atoms with Gasteiger partial charge in [0.15, 0.2) is 0 Å². The Kier molecular flexibility index (Phi) is 4.59. The fourth-order valence-electron chi connectivity index (χ4n) is 1.97. The van der Waals surface area contributed by atoms with Gasteiger partial charge in [-0.3, -0.25) is 4.79 Å². The minimum Gasteiger partial charge on any atom is -0.384 e. The van der Waals surface area contributed by atoms with Gasteiger partial charge < -0.3 is 14.7 Å². The van der Waals surface area contributed by atoms with E-state index in [0.29, 0.717) is 18.0 Å². The van der Waals surface area contributed by atoms with Gasteiger partial charge in [0.05, 0.1) is 28.5 Å². The molecule has 0 saturated carbocycles. The van der Waals surface area contributed by atoms with Gasteiger partial charge in [0.2, 0.25) is 0 Å². The van der Waals surface area contributed by atoms with Crippen LogP contribution in [0, 0.1) is 11.8 Å². The monoisotopic (exact) mass is 279 g/mol. The summed E-state index contributed by atoms with van der Waals surface area (Å²) in [5.41, 5.74) is 0. The number of aliphatic hydroxyl groups is 1. The normalized spacial score (nSPS) is 22.8. The highest BCUT2D eigenvalue weighted by Crippen LogP contribution is 2.21. The summed E-state index contributed by atoms with van der Waals surface area (Å²) in [4.78, 5) is 15.8. The number of hydrogen-bond donors (Lipinski definition) is 1. The number of ether oxygens (including phenoxy) is 1. The third-order valence-electron chi connectivity index (χ3n) is 2.98. The van der Waals surface area contributed by atoms with E-state index in [1.165, 1.54) is 11.3 Å². The summed E-state index contributed by atoms with van der Waals surface area (Å²) in [7, 11) is 0. The van der Waals surface area contributed by atoms with Gasteiger partial charge in [-0.1, -0.05) is 11.8 Å². The molecule has 2 unspecified atom stereocenters. The molecule has 5 heteroatoms. The van der Waals surface area contributed by atoms with Crippen LogP contribution in [0.25, 0.3) is 0 Å². The van der Waals surface area contributed by atoms with Gasteiger partial charge in [0, 0.05) is 6.54 Å². The molecule has 2 atom stereocenters. The summed E-state index contributed by atoms with van der Waals surface area (Å²) >= 11 is 1.36. The van der Waals surface area contributed by atoms with Crippen molar-refractivity contribution >= 4 is 17.2 Å². The van der Waals surface area contributed by atoms with Gasteiger partial charge in [0.1, 0.15) is 6.61 Å². The van der Waals surface area contributed by atoms with E-state index in [-0.39, 0.29) is 24.7 Å². The van der Waals surface area contributed by atoms with Gasteiger partial charge in [-0.2, -0.15) is 0 Å². The number of carbonyl (C=O) groups is 1. The van der Waals surface area contributed by atoms with Crippen LogP contribution in [0.2, 0.25) is 0 Å². The zero-order chi connectivity index (χ0) is 13.8. The molecular weight excluding hydrogens is 262 g/mol. The summed E-state index contributed by atoms with van der Waals surface area (Å²) in [6.07, 6.45) is 0.0776. The number of rotatable bonds is 1. The lowest BCUT2D eigenvalue weighted by molar-refractivity contribution is -0.0385. The lowest BCUT2D eigenvalue weighted by atomic mass is 10.2. The van der Waals surface area contributed by atoms with Crippen LogP contribution in [0.5, 0.6) is 0 Å². The van der Waals surface area contributed by atoms with Crippen LogP contribution in [0.3, 0.4) is 0 Å². The minimum absolute atomic E-state index is 0.0321. The Bertz CT molecular complexity index is 514. The molecule has 0 aromatic carbocycles. The lowest BCUT2D eigenvalue weighted by Gasteiger charge is -2.36. The number of morpholine rings is 1. The fraction of sp³-hybridized carbons (Fsp3) is 0.500. The van der Waals surface area contributed by atoms with E-state index in [1.54, 1.807) is 6.07 Å². The predicted octanol–water partition coefficient (Wildman–Crippen LogP) is 1.34. The van der Waals surface area contributed by atoms with E-state index >= 15 is 0 Å². The van der Waals surface area contributed by atoms with Crippen molar-refractivity contribution in [2.24, 2.45) is 0 Å². The van der Waals surface area contributed by atoms with Gasteiger partial charge in [-0.05, 0) is 26.0 Å². The molecule has 2 heterocycles. The molecular formula is C14H17NO3S. The van der Waals surface area contributed by atoms with Crippen LogP contribution in [0.1, 0.15) is 28.4 Å². The largest absolute Gasteiger partial charge is 0.384 e. The number of thiophene rings is 1. The number of aliphatic hydroxyl groups excluding tert-OH is 1. The topological polar surface area (TPSA) is 49.8 Å². The molecule has 1 fully saturated rings. The third-order valence-corrected chi connectivity index (χ3v) is 3.96. The summed E-state index contributed by atoms with van der Waals surface area (Å²) in [6.45, 7) is 4.99. The van der Waals surface area contributed by atoms with E-state index in [2.05, 4.69) is 11.8 Å². The Morgan fingerprint density at radius 2 is 2.37 bits per heavy atom. The Morgan fingerprint density at radius 3 is 3.11 bits per heavy atom. The Hall–Kier alpha value is -1.35. The first kappa shape index (κ1) is 14.1. The van der Waals surface area contributed by atoms with Gasteiger partial charge in [-0.15, -0.1) is 11.3 Å². The van der Waals surface area contributed by atoms with Crippen LogP contribution in [-0.2, 0) is 4.74 Å². The van der Waals surface area contributed by atoms with Crippen molar-refractivity contribution in [3.63, 3.8) is 0 Å². The number of amides is 1. The van der Waals surface area contributed by atoms with Crippen molar-refractivity contribution in [3.8, 4) is 11.8 Å². The van der Waals surface area contributed by atoms with Crippen molar-refractivity contribution in [1.29, 1.82) is 0 Å². The van der Waals surface area contributed by atoms with E-state index in [0.717, 1.165) is 4.88 Å². The van der Waals surface area contributed by atoms with E-state index in [4.69, 9.17) is 9.84 Å². The second-order valence-corrected chi connectivity index (χ2v) is 5.66. The van der Waals surface area contributed by atoms with Crippen molar-refractivity contribution in [1.82, 2.24) is 4.90 Å². The molecule has 1 N–H and O–H groups in total. The fourth-order valence-corrected chi connectivity index (χ4v) is 2.81. The molecule has 4 nitrogen and oxygen atoms in total. The first-order valence-electron chi connectivity index (χ1n) is 6.24. The smallest absolute Gasteiger partial charge is 0.264 e. The zero-order valence-electron chi connectivity index (χ0n) is 11.0. The number of carbonyl (C=O) groups excluding carboxylic acids is 1. The first-order valence-corrected chi connectivity index (χ1v) is 7.05. The second kappa shape index (κ2) is 6.20. The summed E-state index contributed by atoms with van der Waals surface area (Å²) in [6, 6.07) is 3.70. The number of hydrogen-bond acceptors (Lipinski definition) is 4. The van der Waals surface area contributed by atoms with E-state index < -0.39 is 0 Å². The SMILES string of the molecule is CC1CN(C(=O)c2ccc(C#CCO)s2)C(C)CO1. The van der Waals surface area contributed by atoms with E-state index in [9.17, 15) is 4.79 Å². The first-order chi connectivity index (χ1) is 9.11. The standard InChI is InChI=1S/C14H17NO3S/c1-10-9-18-11(2)8-15(10)14(17)13-6-5-12(19-13)4-3-7-16/h5-6,10-11,16H,7-9H2,1-2H3. The molecule has 19 heavy (non-hydrogen) atoms. The highest BCUT2D eigenvalue weighted by molar-refractivity contribution is 7.14. The Morgan fingerprint density at radius 1 is 1.58 bits per heavy atom. The second-order valence-electron chi connectivity index (χ2n) is 4.57. The summed E-state index contributed by atoms with van der Waals surface area (Å²) in [5.74, 6) is 5.43. The Balaban J connectivity index is 2.12. The predicted molar refractivity (Wildman–Crippen MR) is 74.2 cm³/mol. The maximum atomic E-state index is 12.4. The average Bonchev–Trinajstić information content (AvgIpc) is 2.87. The van der Waals surface area contributed by atoms with Crippen LogP contribution in [0.4, 0.5) is 0 Å². The van der Waals surface area contributed by atoms with Crippen molar-refractivity contribution < 1.29 is 14.6 Å². The molecule has 0 bridgehead atoms. The number of nitrogens with zero attached hydrogens (tertiary/aromatic N) is 1. The molecule has 1 aromatic rings. The molecule has 102 valence electrons. The van der Waals surface area contributed by atoms with Gasteiger partial charge >= 0.3 is 0 Å². The minimum atomic E-state index is -0.167. The van der Waals surface area contributed by atoms with Crippen molar-refractivity contribution in [2.45, 2.75) is 26.0 Å². The molecule has 1 aliphatic heterocycles. The molecule has 0 aliphatic carbocycles. The van der Waals surface area contributed by atoms with Gasteiger partial charge in [-0.25, -0.2) is 0 Å². The molecule has 1 amide bonds. The molecule has 0 radical (unpaired) electrons. The molecule has 2 rings (SSSR count).